The van der Waals surface area contributed by atoms with Crippen molar-refractivity contribution in [1.82, 2.24) is 25.1 Å². The van der Waals surface area contributed by atoms with Crippen LogP contribution in [-0.2, 0) is 4.79 Å². The Balaban J connectivity index is 0.00000210. The van der Waals surface area contributed by atoms with Gasteiger partial charge in [0.2, 0.25) is 5.91 Å². The van der Waals surface area contributed by atoms with Crippen LogP contribution < -0.4 is 10.2 Å². The molecule has 3 heterocycles. The van der Waals surface area contributed by atoms with Crippen molar-refractivity contribution in [2.75, 3.05) is 23.3 Å². The number of halogens is 1. The number of carbonyl (C=O) groups is 1. The fraction of sp³-hybridized carbons (Fsp3) is 0.235. The summed E-state index contributed by atoms with van der Waals surface area (Å²) in [5.74, 6) is 0.822. The minimum Gasteiger partial charge on any atom is -0.344 e. The monoisotopic (exact) mass is 355 g/mol. The second-order valence-electron chi connectivity index (χ2n) is 5.97. The average molecular weight is 355 g/mol. The predicted octanol–water partition coefficient (Wildman–Crippen LogP) is 2.40. The molecule has 26 heavy (non-hydrogen) atoms. The van der Waals surface area contributed by atoms with Crippen LogP contribution in [0.4, 0.5) is 16.0 Å². The molecule has 1 aromatic carbocycles. The van der Waals surface area contributed by atoms with Gasteiger partial charge in [-0.1, -0.05) is 0 Å². The number of benzene rings is 1. The van der Waals surface area contributed by atoms with Gasteiger partial charge in [0, 0.05) is 13.5 Å². The number of fused-ring (bicyclic) bond motifs is 1. The van der Waals surface area contributed by atoms with Crippen molar-refractivity contribution in [3.63, 3.8) is 0 Å². The Labute approximate surface area is 150 Å². The maximum absolute atomic E-state index is 14.6. The van der Waals surface area contributed by atoms with Gasteiger partial charge in [-0.3, -0.25) is 9.89 Å². The van der Waals surface area contributed by atoms with E-state index in [1.807, 2.05) is 18.7 Å². The number of amides is 1. The van der Waals surface area contributed by atoms with Crippen LogP contribution in [0, 0.1) is 12.7 Å². The molecule has 134 valence electrons. The zero-order valence-electron chi connectivity index (χ0n) is 14.2. The lowest BCUT2D eigenvalue weighted by Crippen LogP contribution is -2.39. The lowest BCUT2D eigenvalue weighted by atomic mass is 10.0. The SMILES string of the molecule is CCN1CC(=O)Nc2ncc(-c3cc(F)c(-c4ncn[nH]4)cc3C)nc21.[HH]. The number of likely N-dealkylation sites (N-methyl/N-ethyl adjacent to an activating group) is 1. The van der Waals surface area contributed by atoms with E-state index in [9.17, 15) is 9.18 Å². The van der Waals surface area contributed by atoms with Gasteiger partial charge in [0.1, 0.15) is 12.1 Å². The molecule has 0 saturated carbocycles. The molecule has 0 atom stereocenters. The highest BCUT2D eigenvalue weighted by Gasteiger charge is 2.24. The summed E-state index contributed by atoms with van der Waals surface area (Å²) in [6.07, 6.45) is 2.87. The third-order valence-electron chi connectivity index (χ3n) is 4.29. The largest absolute Gasteiger partial charge is 0.344 e. The second kappa shape index (κ2) is 6.17. The van der Waals surface area contributed by atoms with Crippen LogP contribution in [0.1, 0.15) is 13.9 Å². The first-order valence-electron chi connectivity index (χ1n) is 8.15. The third-order valence-corrected chi connectivity index (χ3v) is 4.29. The Morgan fingerprint density at radius 3 is 2.88 bits per heavy atom. The number of H-pyrrole nitrogens is 1. The van der Waals surface area contributed by atoms with Gasteiger partial charge in [0.25, 0.3) is 0 Å². The van der Waals surface area contributed by atoms with Crippen LogP contribution in [0.15, 0.2) is 24.7 Å². The Kier molecular flexibility index (Phi) is 3.83. The van der Waals surface area contributed by atoms with Crippen molar-refractivity contribution in [3.05, 3.63) is 36.0 Å². The zero-order chi connectivity index (χ0) is 18.3. The van der Waals surface area contributed by atoms with Crippen LogP contribution in [0.25, 0.3) is 22.6 Å². The second-order valence-corrected chi connectivity index (χ2v) is 5.97. The summed E-state index contributed by atoms with van der Waals surface area (Å²) in [6, 6.07) is 3.12. The van der Waals surface area contributed by atoms with Gasteiger partial charge in [0.15, 0.2) is 17.5 Å². The summed E-state index contributed by atoms with van der Waals surface area (Å²) >= 11 is 0. The minimum absolute atomic E-state index is 0. The summed E-state index contributed by atoms with van der Waals surface area (Å²) in [5.41, 5.74) is 2.35. The van der Waals surface area contributed by atoms with Crippen LogP contribution >= 0.6 is 0 Å². The van der Waals surface area contributed by atoms with E-state index in [1.54, 1.807) is 6.07 Å². The van der Waals surface area contributed by atoms with Crippen LogP contribution in [0.5, 0.6) is 0 Å². The van der Waals surface area contributed by atoms with Crippen LogP contribution in [-0.4, -0.2) is 44.1 Å². The Bertz CT molecular complexity index is 993. The lowest BCUT2D eigenvalue weighted by molar-refractivity contribution is -0.115. The highest BCUT2D eigenvalue weighted by atomic mass is 19.1. The van der Waals surface area contributed by atoms with E-state index < -0.39 is 5.82 Å². The lowest BCUT2D eigenvalue weighted by Gasteiger charge is -2.28. The van der Waals surface area contributed by atoms with E-state index in [2.05, 4.69) is 30.5 Å². The topological polar surface area (TPSA) is 99.7 Å². The zero-order valence-corrected chi connectivity index (χ0v) is 14.2. The molecule has 1 amide bonds. The first-order chi connectivity index (χ1) is 12.6. The molecule has 8 nitrogen and oxygen atoms in total. The molecule has 0 fully saturated rings. The molecule has 2 aromatic heterocycles. The molecule has 0 aliphatic carbocycles. The molecule has 0 spiro atoms. The number of aryl methyl sites for hydroxylation is 1. The number of carbonyl (C=O) groups excluding carboxylic acids is 1. The van der Waals surface area contributed by atoms with Crippen LogP contribution in [0.3, 0.4) is 0 Å². The summed E-state index contributed by atoms with van der Waals surface area (Å²) in [6.45, 7) is 4.65. The van der Waals surface area contributed by atoms with Crippen molar-refractivity contribution in [2.45, 2.75) is 13.8 Å². The summed E-state index contributed by atoms with van der Waals surface area (Å²) in [7, 11) is 0. The predicted molar refractivity (Wildman–Crippen MR) is 96.2 cm³/mol. The van der Waals surface area contributed by atoms with Crippen molar-refractivity contribution < 1.29 is 10.6 Å². The van der Waals surface area contributed by atoms with Gasteiger partial charge in [-0.05, 0) is 31.5 Å². The van der Waals surface area contributed by atoms with E-state index in [4.69, 9.17) is 0 Å². The van der Waals surface area contributed by atoms with Gasteiger partial charge >= 0.3 is 0 Å². The minimum atomic E-state index is -0.428. The molecule has 0 bridgehead atoms. The molecule has 3 aromatic rings. The first-order valence-corrected chi connectivity index (χ1v) is 8.15. The van der Waals surface area contributed by atoms with Crippen LogP contribution in [0.2, 0.25) is 0 Å². The smallest absolute Gasteiger partial charge is 0.245 e. The van der Waals surface area contributed by atoms with Gasteiger partial charge < -0.3 is 10.2 Å². The van der Waals surface area contributed by atoms with Gasteiger partial charge in [0.05, 0.1) is 24.0 Å². The summed E-state index contributed by atoms with van der Waals surface area (Å²) < 4.78 is 14.6. The van der Waals surface area contributed by atoms with Gasteiger partial charge in [-0.25, -0.2) is 19.3 Å². The van der Waals surface area contributed by atoms with Gasteiger partial charge in [-0.2, -0.15) is 5.10 Å². The average Bonchev–Trinajstić information content (AvgIpc) is 3.16. The van der Waals surface area contributed by atoms with E-state index >= 15 is 0 Å². The quantitative estimate of drug-likeness (QED) is 0.748. The van der Waals surface area contributed by atoms with E-state index in [1.165, 1.54) is 18.6 Å². The number of nitrogens with zero attached hydrogens (tertiary/aromatic N) is 5. The number of rotatable bonds is 3. The Morgan fingerprint density at radius 1 is 1.31 bits per heavy atom. The molecular weight excluding hydrogens is 337 g/mol. The van der Waals surface area contributed by atoms with Crippen molar-refractivity contribution >= 4 is 17.5 Å². The van der Waals surface area contributed by atoms with Gasteiger partial charge in [-0.15, -0.1) is 0 Å². The summed E-state index contributed by atoms with van der Waals surface area (Å²) in [5, 5.41) is 9.13. The molecule has 0 saturated heterocycles. The maximum atomic E-state index is 14.6. The normalized spacial score (nSPS) is 13.5. The first kappa shape index (κ1) is 16.1. The molecule has 2 N–H and O–H groups in total. The highest BCUT2D eigenvalue weighted by Crippen LogP contribution is 2.32. The third kappa shape index (κ3) is 2.67. The van der Waals surface area contributed by atoms with Crippen molar-refractivity contribution in [3.8, 4) is 22.6 Å². The molecule has 9 heteroatoms. The van der Waals surface area contributed by atoms with E-state index in [0.29, 0.717) is 40.8 Å². The summed E-state index contributed by atoms with van der Waals surface area (Å²) in [4.78, 5) is 26.5. The molecular formula is C17H18FN7O. The van der Waals surface area contributed by atoms with Crippen molar-refractivity contribution in [1.29, 1.82) is 0 Å². The number of aromatic nitrogens is 5. The Hall–Kier alpha value is -3.36. The number of hydrogen-bond donors (Lipinski definition) is 2. The fourth-order valence-electron chi connectivity index (χ4n) is 2.97. The number of hydrogen-bond acceptors (Lipinski definition) is 6. The molecule has 1 aliphatic heterocycles. The fourth-order valence-corrected chi connectivity index (χ4v) is 2.97. The molecule has 0 unspecified atom stereocenters. The molecule has 4 rings (SSSR count). The van der Waals surface area contributed by atoms with E-state index in [0.717, 1.165) is 5.56 Å². The Morgan fingerprint density at radius 2 is 2.15 bits per heavy atom. The maximum Gasteiger partial charge on any atom is 0.245 e. The van der Waals surface area contributed by atoms with Crippen molar-refractivity contribution in [2.24, 2.45) is 0 Å². The number of anilines is 2. The molecule has 0 radical (unpaired) electrons. The standard InChI is InChI=1S/C17H16FN7O.H2/c1-3-25-7-14(26)23-16-17(25)22-13(6-19-16)10-5-12(18)11(4-9(10)2)15-20-8-21-24-15;/h4-6,8H,3,7H2,1-2H3,(H,19,23,26)(H,20,21,24);1H. The van der Waals surface area contributed by atoms with E-state index in [-0.39, 0.29) is 13.9 Å². The molecule has 1 aliphatic rings. The number of aromatic amines is 1. The number of nitrogens with one attached hydrogen (secondary N) is 2. The highest BCUT2D eigenvalue weighted by molar-refractivity contribution is 5.99.